The van der Waals surface area contributed by atoms with Gasteiger partial charge >= 0.3 is 0 Å². The molecule has 0 atom stereocenters. The number of hydrogen-bond acceptors (Lipinski definition) is 3. The molecule has 0 unspecified atom stereocenters. The van der Waals surface area contributed by atoms with Crippen molar-refractivity contribution in [1.29, 1.82) is 0 Å². The van der Waals surface area contributed by atoms with Crippen LogP contribution in [0.3, 0.4) is 0 Å². The highest BCUT2D eigenvalue weighted by Crippen LogP contribution is 2.28. The van der Waals surface area contributed by atoms with Crippen LogP contribution >= 0.6 is 11.6 Å². The topological polar surface area (TPSA) is 75.3 Å². The quantitative estimate of drug-likeness (QED) is 0.775. The van der Waals surface area contributed by atoms with E-state index >= 15 is 0 Å². The molecular weight excluding hydrogens is 307 g/mol. The maximum absolute atomic E-state index is 13.1. The van der Waals surface area contributed by atoms with Gasteiger partial charge < -0.3 is 5.32 Å². The maximum atomic E-state index is 13.1. The molecule has 1 fully saturated rings. The highest BCUT2D eigenvalue weighted by molar-refractivity contribution is 7.89. The van der Waals surface area contributed by atoms with Gasteiger partial charge in [0.1, 0.15) is 10.7 Å². The molecule has 0 aliphatic heterocycles. The van der Waals surface area contributed by atoms with Crippen LogP contribution in [0.25, 0.3) is 0 Å². The smallest absolute Gasteiger partial charge is 0.242 e. The lowest BCUT2D eigenvalue weighted by Gasteiger charge is -2.09. The molecule has 1 amide bonds. The summed E-state index contributed by atoms with van der Waals surface area (Å²) < 4.78 is 39.2. The van der Waals surface area contributed by atoms with Crippen LogP contribution in [-0.4, -0.2) is 27.4 Å². The zero-order chi connectivity index (χ0) is 14.8. The van der Waals surface area contributed by atoms with Gasteiger partial charge in [-0.1, -0.05) is 11.6 Å². The monoisotopic (exact) mass is 320 g/mol. The van der Waals surface area contributed by atoms with E-state index < -0.39 is 15.8 Å². The minimum absolute atomic E-state index is 0.0215. The fourth-order valence-electron chi connectivity index (χ4n) is 1.62. The van der Waals surface area contributed by atoms with E-state index in [1.807, 2.05) is 0 Å². The van der Waals surface area contributed by atoms with Crippen molar-refractivity contribution in [2.75, 3.05) is 13.1 Å². The Balaban J connectivity index is 1.90. The van der Waals surface area contributed by atoms with E-state index in [1.165, 1.54) is 6.07 Å². The Bertz CT molecular complexity index is 617. The molecule has 1 aromatic carbocycles. The zero-order valence-corrected chi connectivity index (χ0v) is 12.1. The SMILES string of the molecule is O=C(NCCNS(=O)(=O)c1cc(F)ccc1Cl)C1CC1. The van der Waals surface area contributed by atoms with Crippen molar-refractivity contribution < 1.29 is 17.6 Å². The molecule has 8 heteroatoms. The summed E-state index contributed by atoms with van der Waals surface area (Å²) in [6.07, 6.45) is 1.77. The molecule has 2 rings (SSSR count). The van der Waals surface area contributed by atoms with E-state index in [0.29, 0.717) is 0 Å². The number of benzene rings is 1. The average molecular weight is 321 g/mol. The summed E-state index contributed by atoms with van der Waals surface area (Å²) in [7, 11) is -3.89. The van der Waals surface area contributed by atoms with Crippen LogP contribution in [-0.2, 0) is 14.8 Å². The number of carbonyl (C=O) groups excluding carboxylic acids is 1. The Labute approximate surface area is 121 Å². The number of carbonyl (C=O) groups is 1. The van der Waals surface area contributed by atoms with Gasteiger partial charge in [0, 0.05) is 19.0 Å². The Morgan fingerprint density at radius 1 is 1.35 bits per heavy atom. The Kier molecular flexibility index (Phi) is 4.62. The molecule has 20 heavy (non-hydrogen) atoms. The molecule has 0 saturated heterocycles. The molecule has 1 aromatic rings. The van der Waals surface area contributed by atoms with Gasteiger partial charge in [-0.05, 0) is 31.0 Å². The van der Waals surface area contributed by atoms with Crippen molar-refractivity contribution in [3.8, 4) is 0 Å². The fraction of sp³-hybridized carbons (Fsp3) is 0.417. The Morgan fingerprint density at radius 3 is 2.70 bits per heavy atom. The van der Waals surface area contributed by atoms with Crippen molar-refractivity contribution in [2.24, 2.45) is 5.92 Å². The van der Waals surface area contributed by atoms with Crippen molar-refractivity contribution in [1.82, 2.24) is 10.0 Å². The minimum atomic E-state index is -3.89. The molecule has 2 N–H and O–H groups in total. The maximum Gasteiger partial charge on any atom is 0.242 e. The van der Waals surface area contributed by atoms with E-state index in [0.717, 1.165) is 25.0 Å². The largest absolute Gasteiger partial charge is 0.355 e. The average Bonchev–Trinajstić information content (AvgIpc) is 3.21. The predicted molar refractivity (Wildman–Crippen MR) is 72.3 cm³/mol. The van der Waals surface area contributed by atoms with E-state index in [1.54, 1.807) is 0 Å². The molecule has 110 valence electrons. The van der Waals surface area contributed by atoms with Gasteiger partial charge in [0.15, 0.2) is 0 Å². The van der Waals surface area contributed by atoms with Gasteiger partial charge in [-0.2, -0.15) is 0 Å². The molecular formula is C12H14ClFN2O3S. The number of nitrogens with one attached hydrogen (secondary N) is 2. The molecule has 1 aliphatic carbocycles. The molecule has 0 aromatic heterocycles. The van der Waals surface area contributed by atoms with Gasteiger partial charge in [0.25, 0.3) is 0 Å². The molecule has 0 bridgehead atoms. The first kappa shape index (κ1) is 15.2. The summed E-state index contributed by atoms with van der Waals surface area (Å²) in [6.45, 7) is 0.204. The summed E-state index contributed by atoms with van der Waals surface area (Å²) >= 11 is 5.74. The van der Waals surface area contributed by atoms with Crippen LogP contribution in [0.1, 0.15) is 12.8 Å². The van der Waals surface area contributed by atoms with Gasteiger partial charge in [-0.15, -0.1) is 0 Å². The second kappa shape index (κ2) is 6.07. The first-order chi connectivity index (χ1) is 9.40. The molecule has 5 nitrogen and oxygen atoms in total. The Hall–Kier alpha value is -1.18. The molecule has 0 heterocycles. The van der Waals surface area contributed by atoms with Gasteiger partial charge in [-0.3, -0.25) is 4.79 Å². The second-order valence-corrected chi connectivity index (χ2v) is 6.68. The lowest BCUT2D eigenvalue weighted by atomic mass is 10.3. The van der Waals surface area contributed by atoms with Crippen molar-refractivity contribution in [2.45, 2.75) is 17.7 Å². The van der Waals surface area contributed by atoms with E-state index in [-0.39, 0.29) is 34.8 Å². The van der Waals surface area contributed by atoms with Crippen LogP contribution < -0.4 is 10.0 Å². The van der Waals surface area contributed by atoms with Crippen molar-refractivity contribution >= 4 is 27.5 Å². The standard InChI is InChI=1S/C12H14ClFN2O3S/c13-10-4-3-9(14)7-11(10)20(18,19)16-6-5-15-12(17)8-1-2-8/h3-4,7-8,16H,1-2,5-6H2,(H,15,17). The number of halogens is 2. The number of rotatable bonds is 6. The normalized spacial score (nSPS) is 15.1. The molecule has 1 aliphatic rings. The highest BCUT2D eigenvalue weighted by atomic mass is 35.5. The summed E-state index contributed by atoms with van der Waals surface area (Å²) in [6, 6.07) is 3.12. The first-order valence-electron chi connectivity index (χ1n) is 6.12. The van der Waals surface area contributed by atoms with Gasteiger partial charge in [-0.25, -0.2) is 17.5 Å². The van der Waals surface area contributed by atoms with Crippen LogP contribution in [0.4, 0.5) is 4.39 Å². The lowest BCUT2D eigenvalue weighted by Crippen LogP contribution is -2.35. The van der Waals surface area contributed by atoms with E-state index in [2.05, 4.69) is 10.0 Å². The third-order valence-electron chi connectivity index (χ3n) is 2.85. The van der Waals surface area contributed by atoms with Crippen LogP contribution in [0.15, 0.2) is 23.1 Å². The Morgan fingerprint density at radius 2 is 2.05 bits per heavy atom. The van der Waals surface area contributed by atoms with Gasteiger partial charge in [0.05, 0.1) is 5.02 Å². The van der Waals surface area contributed by atoms with Crippen LogP contribution in [0.2, 0.25) is 5.02 Å². The predicted octanol–water partition coefficient (Wildman–Crippen LogP) is 1.28. The minimum Gasteiger partial charge on any atom is -0.355 e. The van der Waals surface area contributed by atoms with Crippen molar-refractivity contribution in [3.63, 3.8) is 0 Å². The third-order valence-corrected chi connectivity index (χ3v) is 4.79. The van der Waals surface area contributed by atoms with E-state index in [9.17, 15) is 17.6 Å². The third kappa shape index (κ3) is 3.91. The van der Waals surface area contributed by atoms with Crippen molar-refractivity contribution in [3.05, 3.63) is 29.0 Å². The second-order valence-electron chi connectivity index (χ2n) is 4.54. The zero-order valence-electron chi connectivity index (χ0n) is 10.5. The highest BCUT2D eigenvalue weighted by Gasteiger charge is 2.29. The summed E-state index contributed by atoms with van der Waals surface area (Å²) in [5.41, 5.74) is 0. The number of amides is 1. The lowest BCUT2D eigenvalue weighted by molar-refractivity contribution is -0.122. The molecule has 0 spiro atoms. The van der Waals surface area contributed by atoms with Crippen LogP contribution in [0, 0.1) is 11.7 Å². The number of sulfonamides is 1. The molecule has 0 radical (unpaired) electrons. The molecule has 1 saturated carbocycles. The van der Waals surface area contributed by atoms with Gasteiger partial charge in [0.2, 0.25) is 15.9 Å². The number of hydrogen-bond donors (Lipinski definition) is 2. The van der Waals surface area contributed by atoms with Crippen LogP contribution in [0.5, 0.6) is 0 Å². The summed E-state index contributed by atoms with van der Waals surface area (Å²) in [5.74, 6) is -0.672. The first-order valence-corrected chi connectivity index (χ1v) is 7.99. The fourth-order valence-corrected chi connectivity index (χ4v) is 3.16. The summed E-state index contributed by atoms with van der Waals surface area (Å²) in [5, 5.41) is 2.57. The summed E-state index contributed by atoms with van der Waals surface area (Å²) in [4.78, 5) is 11.0. The van der Waals surface area contributed by atoms with E-state index in [4.69, 9.17) is 11.6 Å².